The largest absolute Gasteiger partial charge is 0.504 e. The first-order valence-electron chi connectivity index (χ1n) is 5.24. The number of fused-ring (bicyclic) bond motifs is 1. The Bertz CT molecular complexity index is 604. The van der Waals surface area contributed by atoms with Gasteiger partial charge in [-0.25, -0.2) is 4.98 Å². The molecule has 1 aliphatic heterocycles. The van der Waals surface area contributed by atoms with Gasteiger partial charge in [0.2, 0.25) is 6.79 Å². The van der Waals surface area contributed by atoms with Crippen LogP contribution in [0.25, 0.3) is 0 Å². The van der Waals surface area contributed by atoms with Gasteiger partial charge in [-0.15, -0.1) is 0 Å². The lowest BCUT2D eigenvalue weighted by molar-refractivity contribution is 0.174. The van der Waals surface area contributed by atoms with Crippen molar-refractivity contribution in [3.63, 3.8) is 0 Å². The third-order valence-electron chi connectivity index (χ3n) is 2.50. The molecular formula is C12H9BrN2O3. The van der Waals surface area contributed by atoms with E-state index in [1.165, 1.54) is 0 Å². The molecule has 0 unspecified atom stereocenters. The number of aromatic hydroxyl groups is 1. The molecule has 2 heterocycles. The Morgan fingerprint density at radius 3 is 2.83 bits per heavy atom. The van der Waals surface area contributed by atoms with Crippen LogP contribution in [0, 0.1) is 0 Å². The van der Waals surface area contributed by atoms with Crippen LogP contribution in [0.2, 0.25) is 0 Å². The number of ether oxygens (including phenoxy) is 2. The van der Waals surface area contributed by atoms with Gasteiger partial charge in [-0.05, 0) is 28.1 Å². The Hall–Kier alpha value is -1.95. The van der Waals surface area contributed by atoms with Crippen molar-refractivity contribution in [3.8, 4) is 17.2 Å². The molecule has 0 saturated carbocycles. The Labute approximate surface area is 112 Å². The van der Waals surface area contributed by atoms with Crippen molar-refractivity contribution in [2.75, 3.05) is 12.1 Å². The van der Waals surface area contributed by atoms with E-state index < -0.39 is 0 Å². The van der Waals surface area contributed by atoms with Crippen molar-refractivity contribution >= 4 is 27.4 Å². The van der Waals surface area contributed by atoms with E-state index in [1.807, 2.05) is 6.07 Å². The van der Waals surface area contributed by atoms with Gasteiger partial charge in [0.15, 0.2) is 23.1 Å². The highest BCUT2D eigenvalue weighted by Crippen LogP contribution is 2.40. The van der Waals surface area contributed by atoms with Gasteiger partial charge in [0.05, 0.1) is 5.69 Å². The molecule has 3 rings (SSSR count). The summed E-state index contributed by atoms with van der Waals surface area (Å²) in [6.45, 7) is 0.222. The van der Waals surface area contributed by atoms with E-state index in [1.54, 1.807) is 24.4 Å². The second-order valence-electron chi connectivity index (χ2n) is 3.68. The molecule has 0 aliphatic carbocycles. The maximum atomic E-state index is 9.66. The number of pyridine rings is 1. The molecule has 0 radical (unpaired) electrons. The van der Waals surface area contributed by atoms with Crippen LogP contribution in [0.15, 0.2) is 34.9 Å². The van der Waals surface area contributed by atoms with Gasteiger partial charge in [-0.2, -0.15) is 0 Å². The molecule has 1 aliphatic rings. The standard InChI is InChI=1S/C12H9BrN2O3/c13-7-4-10-11(18-6-17-10)5-8(7)15-12-9(16)2-1-3-14-12/h1-5,16H,6H2,(H,14,15). The number of aromatic nitrogens is 1. The Morgan fingerprint density at radius 1 is 1.28 bits per heavy atom. The number of rotatable bonds is 2. The van der Waals surface area contributed by atoms with Crippen molar-refractivity contribution in [2.24, 2.45) is 0 Å². The second-order valence-corrected chi connectivity index (χ2v) is 4.54. The van der Waals surface area contributed by atoms with Crippen LogP contribution in [-0.4, -0.2) is 16.9 Å². The first-order chi connectivity index (χ1) is 8.74. The number of benzene rings is 1. The summed E-state index contributed by atoms with van der Waals surface area (Å²) in [5, 5.41) is 12.7. The molecular weight excluding hydrogens is 300 g/mol. The van der Waals surface area contributed by atoms with E-state index in [4.69, 9.17) is 9.47 Å². The summed E-state index contributed by atoms with van der Waals surface area (Å²) in [6.07, 6.45) is 1.60. The predicted molar refractivity (Wildman–Crippen MR) is 69.4 cm³/mol. The van der Waals surface area contributed by atoms with Crippen LogP contribution in [-0.2, 0) is 0 Å². The number of halogens is 1. The highest BCUT2D eigenvalue weighted by Gasteiger charge is 2.17. The van der Waals surface area contributed by atoms with Gasteiger partial charge in [-0.3, -0.25) is 0 Å². The van der Waals surface area contributed by atoms with Gasteiger partial charge in [-0.1, -0.05) is 0 Å². The minimum atomic E-state index is 0.0852. The van der Waals surface area contributed by atoms with Crippen molar-refractivity contribution < 1.29 is 14.6 Å². The van der Waals surface area contributed by atoms with Crippen LogP contribution in [0.4, 0.5) is 11.5 Å². The van der Waals surface area contributed by atoms with Crippen molar-refractivity contribution in [1.82, 2.24) is 4.98 Å². The van der Waals surface area contributed by atoms with Crippen molar-refractivity contribution in [2.45, 2.75) is 0 Å². The Balaban J connectivity index is 1.96. The second kappa shape index (κ2) is 4.38. The fourth-order valence-electron chi connectivity index (χ4n) is 1.63. The lowest BCUT2D eigenvalue weighted by atomic mass is 10.2. The van der Waals surface area contributed by atoms with Crippen LogP contribution >= 0.6 is 15.9 Å². The molecule has 2 aromatic rings. The van der Waals surface area contributed by atoms with E-state index in [0.29, 0.717) is 17.3 Å². The topological polar surface area (TPSA) is 63.6 Å². The molecule has 92 valence electrons. The highest BCUT2D eigenvalue weighted by atomic mass is 79.9. The van der Waals surface area contributed by atoms with Crippen molar-refractivity contribution in [3.05, 3.63) is 34.9 Å². The molecule has 6 heteroatoms. The van der Waals surface area contributed by atoms with Crippen LogP contribution in [0.1, 0.15) is 0 Å². The zero-order chi connectivity index (χ0) is 12.5. The maximum Gasteiger partial charge on any atom is 0.231 e. The molecule has 1 aromatic heterocycles. The molecule has 5 nitrogen and oxygen atoms in total. The summed E-state index contributed by atoms with van der Waals surface area (Å²) < 4.78 is 11.4. The van der Waals surface area contributed by atoms with Crippen molar-refractivity contribution in [1.29, 1.82) is 0 Å². The summed E-state index contributed by atoms with van der Waals surface area (Å²) in [4.78, 5) is 4.05. The van der Waals surface area contributed by atoms with E-state index in [9.17, 15) is 5.11 Å². The smallest absolute Gasteiger partial charge is 0.231 e. The number of nitrogens with zero attached hydrogens (tertiary/aromatic N) is 1. The Kier molecular flexibility index (Phi) is 2.71. The zero-order valence-electron chi connectivity index (χ0n) is 9.18. The maximum absolute atomic E-state index is 9.66. The molecule has 0 fully saturated rings. The fraction of sp³-hybridized carbons (Fsp3) is 0.0833. The van der Waals surface area contributed by atoms with Gasteiger partial charge < -0.3 is 19.9 Å². The quantitative estimate of drug-likeness (QED) is 0.893. The monoisotopic (exact) mass is 308 g/mol. The zero-order valence-corrected chi connectivity index (χ0v) is 10.8. The van der Waals surface area contributed by atoms with Gasteiger partial charge >= 0.3 is 0 Å². The molecule has 0 amide bonds. The molecule has 18 heavy (non-hydrogen) atoms. The lowest BCUT2D eigenvalue weighted by Crippen LogP contribution is -1.94. The summed E-state index contributed by atoms with van der Waals surface area (Å²) in [7, 11) is 0. The molecule has 0 spiro atoms. The minimum Gasteiger partial charge on any atom is -0.504 e. The molecule has 0 atom stereocenters. The van der Waals surface area contributed by atoms with Gasteiger partial charge in [0.25, 0.3) is 0 Å². The van der Waals surface area contributed by atoms with E-state index in [0.717, 1.165) is 10.2 Å². The van der Waals surface area contributed by atoms with Crippen LogP contribution < -0.4 is 14.8 Å². The molecule has 0 saturated heterocycles. The van der Waals surface area contributed by atoms with E-state index >= 15 is 0 Å². The molecule has 1 aromatic carbocycles. The summed E-state index contributed by atoms with van der Waals surface area (Å²) in [6, 6.07) is 6.83. The third kappa shape index (κ3) is 1.95. The number of hydrogen-bond acceptors (Lipinski definition) is 5. The third-order valence-corrected chi connectivity index (χ3v) is 3.16. The average molecular weight is 309 g/mol. The SMILES string of the molecule is Oc1cccnc1Nc1cc2c(cc1Br)OCO2. The highest BCUT2D eigenvalue weighted by molar-refractivity contribution is 9.10. The summed E-state index contributed by atoms with van der Waals surface area (Å²) >= 11 is 3.42. The minimum absolute atomic E-state index is 0.0852. The molecule has 2 N–H and O–H groups in total. The first-order valence-corrected chi connectivity index (χ1v) is 6.03. The first kappa shape index (κ1) is 11.2. The summed E-state index contributed by atoms with van der Waals surface area (Å²) in [5.74, 6) is 1.83. The van der Waals surface area contributed by atoms with Crippen LogP contribution in [0.5, 0.6) is 17.2 Å². The van der Waals surface area contributed by atoms with E-state index in [-0.39, 0.29) is 12.5 Å². The molecule has 0 bridgehead atoms. The number of anilines is 2. The van der Waals surface area contributed by atoms with Gasteiger partial charge in [0, 0.05) is 22.8 Å². The predicted octanol–water partition coefficient (Wildman–Crippen LogP) is 3.02. The number of hydrogen-bond donors (Lipinski definition) is 2. The Morgan fingerprint density at radius 2 is 2.06 bits per heavy atom. The van der Waals surface area contributed by atoms with Crippen LogP contribution in [0.3, 0.4) is 0 Å². The lowest BCUT2D eigenvalue weighted by Gasteiger charge is -2.09. The number of nitrogens with one attached hydrogen (secondary N) is 1. The average Bonchev–Trinajstić information content (AvgIpc) is 2.79. The summed E-state index contributed by atoms with van der Waals surface area (Å²) in [5.41, 5.74) is 0.744. The normalized spacial score (nSPS) is 12.5. The fourth-order valence-corrected chi connectivity index (χ4v) is 2.06. The van der Waals surface area contributed by atoms with E-state index in [2.05, 4.69) is 26.2 Å². The van der Waals surface area contributed by atoms with Gasteiger partial charge in [0.1, 0.15) is 0 Å².